The minimum atomic E-state index is -4.23. The summed E-state index contributed by atoms with van der Waals surface area (Å²) in [7, 11) is 1.47. The highest BCUT2D eigenvalue weighted by atomic mass is 19.4. The van der Waals surface area contributed by atoms with E-state index in [1.54, 1.807) is 12.1 Å². The third kappa shape index (κ3) is 6.01. The molecule has 1 aliphatic rings. The third-order valence-electron chi connectivity index (χ3n) is 4.47. The number of carbonyl (C=O) groups is 2. The van der Waals surface area contributed by atoms with Gasteiger partial charge in [-0.05, 0) is 38.4 Å². The highest BCUT2D eigenvalue weighted by molar-refractivity contribution is 5.94. The van der Waals surface area contributed by atoms with Gasteiger partial charge in [0.15, 0.2) is 0 Å². The Labute approximate surface area is 151 Å². The van der Waals surface area contributed by atoms with Crippen LogP contribution in [0.25, 0.3) is 0 Å². The Hall–Kier alpha value is -2.09. The van der Waals surface area contributed by atoms with Gasteiger partial charge in [0.2, 0.25) is 11.8 Å². The summed E-state index contributed by atoms with van der Waals surface area (Å²) in [5.41, 5.74) is 1.69. The van der Waals surface area contributed by atoms with Gasteiger partial charge in [-0.2, -0.15) is 13.2 Å². The van der Waals surface area contributed by atoms with Crippen molar-refractivity contribution in [1.29, 1.82) is 0 Å². The molecule has 0 aromatic heterocycles. The number of benzene rings is 1. The second kappa shape index (κ2) is 8.53. The van der Waals surface area contributed by atoms with Crippen molar-refractivity contribution in [2.24, 2.45) is 5.92 Å². The van der Waals surface area contributed by atoms with Crippen LogP contribution >= 0.6 is 0 Å². The monoisotopic (exact) mass is 371 g/mol. The smallest absolute Gasteiger partial charge is 0.335 e. The van der Waals surface area contributed by atoms with Crippen LogP contribution in [0.5, 0.6) is 0 Å². The lowest BCUT2D eigenvalue weighted by molar-refractivity contribution is -0.187. The predicted octanol–water partition coefficient (Wildman–Crippen LogP) is 2.67. The van der Waals surface area contributed by atoms with E-state index >= 15 is 0 Å². The first-order valence-corrected chi connectivity index (χ1v) is 8.54. The molecule has 1 N–H and O–H groups in total. The number of anilines is 1. The number of likely N-dealkylation sites (N-methyl/N-ethyl adjacent to an activating group) is 1. The highest BCUT2D eigenvalue weighted by Crippen LogP contribution is 2.32. The van der Waals surface area contributed by atoms with Crippen molar-refractivity contribution in [3.05, 3.63) is 29.8 Å². The minimum Gasteiger partial charge on any atom is -0.335 e. The molecular formula is C18H24F3N3O2. The van der Waals surface area contributed by atoms with E-state index in [4.69, 9.17) is 0 Å². The zero-order valence-corrected chi connectivity index (χ0v) is 15.0. The molecule has 2 rings (SSSR count). The number of hydrogen-bond donors (Lipinski definition) is 1. The molecule has 0 bridgehead atoms. The number of piperidine rings is 1. The molecular weight excluding hydrogens is 347 g/mol. The molecule has 26 heavy (non-hydrogen) atoms. The van der Waals surface area contributed by atoms with Crippen molar-refractivity contribution in [2.45, 2.75) is 25.9 Å². The van der Waals surface area contributed by atoms with Crippen LogP contribution in [0, 0.1) is 12.8 Å². The molecule has 1 heterocycles. The number of nitrogens with one attached hydrogen (secondary N) is 1. The zero-order valence-electron chi connectivity index (χ0n) is 15.0. The maximum Gasteiger partial charge on any atom is 0.393 e. The number of rotatable bonds is 5. The summed E-state index contributed by atoms with van der Waals surface area (Å²) in [6.07, 6.45) is -3.72. The van der Waals surface area contributed by atoms with Crippen LogP contribution in [-0.4, -0.2) is 61.0 Å². The molecule has 1 aliphatic heterocycles. The van der Waals surface area contributed by atoms with Gasteiger partial charge >= 0.3 is 6.18 Å². The SMILES string of the molecule is Cc1ccc(NC(=O)CN(C)C(=O)CN2CCC[C@@H](C(F)(F)F)C2)cc1. The molecule has 1 saturated heterocycles. The van der Waals surface area contributed by atoms with E-state index in [2.05, 4.69) is 5.32 Å². The van der Waals surface area contributed by atoms with Crippen molar-refractivity contribution in [2.75, 3.05) is 38.5 Å². The zero-order chi connectivity index (χ0) is 19.3. The van der Waals surface area contributed by atoms with Gasteiger partial charge in [-0.25, -0.2) is 0 Å². The number of hydrogen-bond acceptors (Lipinski definition) is 3. The van der Waals surface area contributed by atoms with Crippen LogP contribution in [0.1, 0.15) is 18.4 Å². The Morgan fingerprint density at radius 3 is 2.54 bits per heavy atom. The molecule has 0 aliphatic carbocycles. The molecule has 1 aromatic rings. The van der Waals surface area contributed by atoms with Crippen molar-refractivity contribution in [3.63, 3.8) is 0 Å². The predicted molar refractivity (Wildman–Crippen MR) is 92.7 cm³/mol. The molecule has 5 nitrogen and oxygen atoms in total. The number of carbonyl (C=O) groups excluding carboxylic acids is 2. The molecule has 1 aromatic carbocycles. The van der Waals surface area contributed by atoms with E-state index in [1.807, 2.05) is 19.1 Å². The summed E-state index contributed by atoms with van der Waals surface area (Å²) < 4.78 is 38.5. The number of nitrogens with zero attached hydrogens (tertiary/aromatic N) is 2. The lowest BCUT2D eigenvalue weighted by atomic mass is 9.97. The Kier molecular flexibility index (Phi) is 6.63. The highest BCUT2D eigenvalue weighted by Gasteiger charge is 2.42. The molecule has 1 atom stereocenters. The molecule has 1 fully saturated rings. The van der Waals surface area contributed by atoms with Crippen LogP contribution < -0.4 is 5.32 Å². The van der Waals surface area contributed by atoms with Crippen molar-refractivity contribution < 1.29 is 22.8 Å². The van der Waals surface area contributed by atoms with E-state index in [1.165, 1.54) is 16.8 Å². The fraction of sp³-hybridized carbons (Fsp3) is 0.556. The second-order valence-electron chi connectivity index (χ2n) is 6.78. The summed E-state index contributed by atoms with van der Waals surface area (Å²) in [4.78, 5) is 27.0. The van der Waals surface area contributed by atoms with Gasteiger partial charge in [0.05, 0.1) is 19.0 Å². The largest absolute Gasteiger partial charge is 0.393 e. The summed E-state index contributed by atoms with van der Waals surface area (Å²) >= 11 is 0. The van der Waals surface area contributed by atoms with Gasteiger partial charge in [0.25, 0.3) is 0 Å². The molecule has 0 radical (unpaired) electrons. The van der Waals surface area contributed by atoms with Crippen LogP contribution in [0.3, 0.4) is 0 Å². The minimum absolute atomic E-state index is 0.100. The number of halogens is 3. The van der Waals surface area contributed by atoms with Crippen LogP contribution in [0.4, 0.5) is 18.9 Å². The summed E-state index contributed by atoms with van der Waals surface area (Å²) in [5.74, 6) is -2.11. The standard InChI is InChI=1S/C18H24F3N3O2/c1-13-5-7-15(8-6-13)22-16(25)11-23(2)17(26)12-24-9-3-4-14(10-24)18(19,20)21/h5-8,14H,3-4,9-12H2,1-2H3,(H,22,25)/t14-/m1/s1. The lowest BCUT2D eigenvalue weighted by Gasteiger charge is -2.34. The second-order valence-corrected chi connectivity index (χ2v) is 6.78. The van der Waals surface area contributed by atoms with E-state index in [0.717, 1.165) is 5.56 Å². The Balaban J connectivity index is 1.81. The van der Waals surface area contributed by atoms with Crippen molar-refractivity contribution in [3.8, 4) is 0 Å². The Bertz CT molecular complexity index is 632. The fourth-order valence-corrected chi connectivity index (χ4v) is 2.92. The van der Waals surface area contributed by atoms with Crippen LogP contribution in [0.15, 0.2) is 24.3 Å². The fourth-order valence-electron chi connectivity index (χ4n) is 2.92. The van der Waals surface area contributed by atoms with E-state index in [0.29, 0.717) is 18.7 Å². The van der Waals surface area contributed by atoms with Crippen molar-refractivity contribution >= 4 is 17.5 Å². The van der Waals surface area contributed by atoms with E-state index < -0.39 is 12.1 Å². The Morgan fingerprint density at radius 2 is 1.92 bits per heavy atom. The maximum absolute atomic E-state index is 12.8. The van der Waals surface area contributed by atoms with E-state index in [9.17, 15) is 22.8 Å². The molecule has 8 heteroatoms. The number of aryl methyl sites for hydroxylation is 1. The molecule has 0 spiro atoms. The first-order valence-electron chi connectivity index (χ1n) is 8.54. The average Bonchev–Trinajstić information content (AvgIpc) is 2.56. The molecule has 144 valence electrons. The van der Waals surface area contributed by atoms with Gasteiger partial charge in [-0.1, -0.05) is 17.7 Å². The number of alkyl halides is 3. The quantitative estimate of drug-likeness (QED) is 0.866. The molecule has 0 unspecified atom stereocenters. The van der Waals surface area contributed by atoms with Crippen LogP contribution in [0.2, 0.25) is 0 Å². The Morgan fingerprint density at radius 1 is 1.27 bits per heavy atom. The first kappa shape index (κ1) is 20.2. The van der Waals surface area contributed by atoms with Gasteiger partial charge < -0.3 is 10.2 Å². The number of amides is 2. The molecule has 2 amide bonds. The lowest BCUT2D eigenvalue weighted by Crippen LogP contribution is -2.47. The van der Waals surface area contributed by atoms with Crippen molar-refractivity contribution in [1.82, 2.24) is 9.80 Å². The van der Waals surface area contributed by atoms with Gasteiger partial charge in [-0.3, -0.25) is 14.5 Å². The summed E-state index contributed by atoms with van der Waals surface area (Å²) in [6, 6.07) is 7.25. The average molecular weight is 371 g/mol. The third-order valence-corrected chi connectivity index (χ3v) is 4.47. The first-order chi connectivity index (χ1) is 12.1. The maximum atomic E-state index is 12.8. The summed E-state index contributed by atoms with van der Waals surface area (Å²) in [5, 5.41) is 2.69. The van der Waals surface area contributed by atoms with Gasteiger partial charge in [-0.15, -0.1) is 0 Å². The topological polar surface area (TPSA) is 52.7 Å². The van der Waals surface area contributed by atoms with E-state index in [-0.39, 0.29) is 37.9 Å². The van der Waals surface area contributed by atoms with Crippen LogP contribution in [-0.2, 0) is 9.59 Å². The normalized spacial score (nSPS) is 18.4. The molecule has 0 saturated carbocycles. The van der Waals surface area contributed by atoms with Gasteiger partial charge in [0, 0.05) is 19.3 Å². The summed E-state index contributed by atoms with van der Waals surface area (Å²) in [6.45, 7) is 1.96. The number of likely N-dealkylation sites (tertiary alicyclic amines) is 1. The van der Waals surface area contributed by atoms with Gasteiger partial charge in [0.1, 0.15) is 0 Å².